The first-order chi connectivity index (χ1) is 13.1. The van der Waals surface area contributed by atoms with Crippen LogP contribution in [0.4, 0.5) is 11.4 Å². The first kappa shape index (κ1) is 19.0. The van der Waals surface area contributed by atoms with Gasteiger partial charge in [-0.15, -0.1) is 0 Å². The summed E-state index contributed by atoms with van der Waals surface area (Å²) < 4.78 is 5.85. The molecule has 27 heavy (non-hydrogen) atoms. The summed E-state index contributed by atoms with van der Waals surface area (Å²) in [6, 6.07) is 15.2. The zero-order valence-electron chi connectivity index (χ0n) is 15.9. The molecule has 0 aromatic heterocycles. The van der Waals surface area contributed by atoms with E-state index in [0.29, 0.717) is 24.3 Å². The highest BCUT2D eigenvalue weighted by Gasteiger charge is 2.22. The van der Waals surface area contributed by atoms with E-state index in [1.165, 1.54) is 5.56 Å². The predicted octanol–water partition coefficient (Wildman–Crippen LogP) is 4.17. The van der Waals surface area contributed by atoms with Gasteiger partial charge in [-0.05, 0) is 61.2 Å². The fourth-order valence-electron chi connectivity index (χ4n) is 3.16. The van der Waals surface area contributed by atoms with E-state index in [4.69, 9.17) is 4.74 Å². The first-order valence-corrected chi connectivity index (χ1v) is 9.57. The van der Waals surface area contributed by atoms with Crippen molar-refractivity contribution in [1.82, 2.24) is 0 Å². The number of rotatable bonds is 7. The second kappa shape index (κ2) is 8.71. The molecule has 0 aliphatic carbocycles. The highest BCUT2D eigenvalue weighted by molar-refractivity contribution is 5.97. The Morgan fingerprint density at radius 2 is 1.81 bits per heavy atom. The summed E-state index contributed by atoms with van der Waals surface area (Å²) >= 11 is 0. The van der Waals surface area contributed by atoms with Crippen molar-refractivity contribution >= 4 is 23.2 Å². The van der Waals surface area contributed by atoms with Gasteiger partial charge in [0.25, 0.3) is 5.91 Å². The van der Waals surface area contributed by atoms with Gasteiger partial charge in [-0.2, -0.15) is 0 Å². The van der Waals surface area contributed by atoms with E-state index in [1.54, 1.807) is 4.90 Å². The van der Waals surface area contributed by atoms with Crippen molar-refractivity contribution < 1.29 is 14.3 Å². The molecule has 1 N–H and O–H groups in total. The quantitative estimate of drug-likeness (QED) is 0.800. The van der Waals surface area contributed by atoms with Crippen LogP contribution in [0.2, 0.25) is 0 Å². The Hall–Kier alpha value is -2.82. The van der Waals surface area contributed by atoms with Crippen LogP contribution in [0, 0.1) is 0 Å². The molecule has 2 aromatic carbocycles. The van der Waals surface area contributed by atoms with Gasteiger partial charge in [-0.1, -0.05) is 26.0 Å². The molecule has 3 rings (SSSR count). The normalized spacial score (nSPS) is 14.9. The maximum absolute atomic E-state index is 12.6. The number of hydrogen-bond donors (Lipinski definition) is 1. The summed E-state index contributed by atoms with van der Waals surface area (Å²) in [7, 11) is 0. The molecule has 1 aliphatic heterocycles. The van der Waals surface area contributed by atoms with E-state index >= 15 is 0 Å². The number of nitrogens with zero attached hydrogens (tertiary/aromatic N) is 1. The van der Waals surface area contributed by atoms with Crippen LogP contribution in [0.25, 0.3) is 0 Å². The van der Waals surface area contributed by atoms with Crippen LogP contribution in [0.5, 0.6) is 5.75 Å². The molecule has 1 unspecified atom stereocenters. The van der Waals surface area contributed by atoms with Gasteiger partial charge in [0.2, 0.25) is 5.91 Å². The summed E-state index contributed by atoms with van der Waals surface area (Å²) in [6.45, 7) is 4.78. The molecule has 5 nitrogen and oxygen atoms in total. The van der Waals surface area contributed by atoms with Gasteiger partial charge < -0.3 is 15.0 Å². The zero-order valence-corrected chi connectivity index (χ0v) is 15.9. The molecule has 1 heterocycles. The molecule has 0 radical (unpaired) electrons. The third kappa shape index (κ3) is 4.67. The van der Waals surface area contributed by atoms with Gasteiger partial charge in [0.15, 0.2) is 6.10 Å². The second-order valence-corrected chi connectivity index (χ2v) is 6.70. The number of ether oxygens (including phenoxy) is 1. The molecule has 0 bridgehead atoms. The molecule has 142 valence electrons. The van der Waals surface area contributed by atoms with Crippen LogP contribution in [0.15, 0.2) is 48.5 Å². The Balaban J connectivity index is 1.61. The van der Waals surface area contributed by atoms with Crippen molar-refractivity contribution in [3.8, 4) is 5.75 Å². The molecule has 1 saturated heterocycles. The van der Waals surface area contributed by atoms with E-state index in [2.05, 4.69) is 12.2 Å². The van der Waals surface area contributed by atoms with Crippen molar-refractivity contribution in [3.63, 3.8) is 0 Å². The molecule has 2 amide bonds. The Morgan fingerprint density at radius 1 is 1.11 bits per heavy atom. The lowest BCUT2D eigenvalue weighted by atomic mass is 10.1. The predicted molar refractivity (Wildman–Crippen MR) is 107 cm³/mol. The van der Waals surface area contributed by atoms with Crippen LogP contribution in [-0.4, -0.2) is 24.5 Å². The SMILES string of the molecule is CCc1ccc(OC(CC)C(=O)Nc2ccc(N3CCCC3=O)cc2)cc1. The Labute approximate surface area is 160 Å². The second-order valence-electron chi connectivity index (χ2n) is 6.70. The van der Waals surface area contributed by atoms with E-state index in [9.17, 15) is 9.59 Å². The van der Waals surface area contributed by atoms with Gasteiger partial charge in [0, 0.05) is 24.3 Å². The highest BCUT2D eigenvalue weighted by atomic mass is 16.5. The smallest absolute Gasteiger partial charge is 0.265 e. The van der Waals surface area contributed by atoms with Gasteiger partial charge in [-0.25, -0.2) is 0 Å². The molecule has 1 fully saturated rings. The molecule has 1 atom stereocenters. The molecule has 0 saturated carbocycles. The Morgan fingerprint density at radius 3 is 2.37 bits per heavy atom. The topological polar surface area (TPSA) is 58.6 Å². The van der Waals surface area contributed by atoms with Gasteiger partial charge in [0.1, 0.15) is 5.75 Å². The van der Waals surface area contributed by atoms with Crippen LogP contribution in [-0.2, 0) is 16.0 Å². The van der Waals surface area contributed by atoms with Crippen molar-refractivity contribution in [2.45, 2.75) is 45.6 Å². The van der Waals surface area contributed by atoms with Crippen molar-refractivity contribution in [3.05, 3.63) is 54.1 Å². The summed E-state index contributed by atoms with van der Waals surface area (Å²) in [5, 5.41) is 2.90. The fourth-order valence-corrected chi connectivity index (χ4v) is 3.16. The monoisotopic (exact) mass is 366 g/mol. The van der Waals surface area contributed by atoms with Crippen LogP contribution >= 0.6 is 0 Å². The van der Waals surface area contributed by atoms with Crippen LogP contribution in [0.1, 0.15) is 38.7 Å². The summed E-state index contributed by atoms with van der Waals surface area (Å²) in [5.41, 5.74) is 2.80. The lowest BCUT2D eigenvalue weighted by Gasteiger charge is -2.19. The van der Waals surface area contributed by atoms with Crippen LogP contribution < -0.4 is 15.0 Å². The average molecular weight is 366 g/mol. The van der Waals surface area contributed by atoms with E-state index in [-0.39, 0.29) is 11.8 Å². The van der Waals surface area contributed by atoms with Gasteiger partial charge in [-0.3, -0.25) is 9.59 Å². The maximum atomic E-state index is 12.6. The highest BCUT2D eigenvalue weighted by Crippen LogP contribution is 2.23. The van der Waals surface area contributed by atoms with Crippen molar-refractivity contribution in [2.75, 3.05) is 16.8 Å². The van der Waals surface area contributed by atoms with Crippen molar-refractivity contribution in [1.29, 1.82) is 0 Å². The number of carbonyl (C=O) groups is 2. The number of carbonyl (C=O) groups excluding carboxylic acids is 2. The summed E-state index contributed by atoms with van der Waals surface area (Å²) in [6.07, 6.45) is 2.48. The minimum absolute atomic E-state index is 0.153. The minimum atomic E-state index is -0.558. The number of amides is 2. The van der Waals surface area contributed by atoms with E-state index < -0.39 is 6.10 Å². The number of anilines is 2. The zero-order chi connectivity index (χ0) is 19.2. The standard InChI is InChI=1S/C22H26N2O3/c1-3-16-7-13-19(14-8-16)27-20(4-2)22(26)23-17-9-11-18(12-10-17)24-15-5-6-21(24)25/h7-14,20H,3-6,15H2,1-2H3,(H,23,26). The molecular formula is C22H26N2O3. The maximum Gasteiger partial charge on any atom is 0.265 e. The van der Waals surface area contributed by atoms with E-state index in [0.717, 1.165) is 25.1 Å². The fraction of sp³-hybridized carbons (Fsp3) is 0.364. The number of benzene rings is 2. The van der Waals surface area contributed by atoms with Gasteiger partial charge in [0.05, 0.1) is 0 Å². The number of nitrogens with one attached hydrogen (secondary N) is 1. The molecule has 5 heteroatoms. The molecule has 2 aromatic rings. The third-order valence-corrected chi connectivity index (χ3v) is 4.79. The largest absolute Gasteiger partial charge is 0.481 e. The number of aryl methyl sites for hydroxylation is 1. The minimum Gasteiger partial charge on any atom is -0.481 e. The first-order valence-electron chi connectivity index (χ1n) is 9.57. The summed E-state index contributed by atoms with van der Waals surface area (Å²) in [5.74, 6) is 0.666. The van der Waals surface area contributed by atoms with E-state index in [1.807, 2.05) is 55.5 Å². The molecule has 0 spiro atoms. The Kier molecular flexibility index (Phi) is 6.12. The van der Waals surface area contributed by atoms with Crippen molar-refractivity contribution in [2.24, 2.45) is 0 Å². The van der Waals surface area contributed by atoms with Gasteiger partial charge >= 0.3 is 0 Å². The molecule has 1 aliphatic rings. The Bertz CT molecular complexity index is 784. The summed E-state index contributed by atoms with van der Waals surface area (Å²) in [4.78, 5) is 26.2. The number of hydrogen-bond acceptors (Lipinski definition) is 3. The lowest BCUT2D eigenvalue weighted by Crippen LogP contribution is -2.32. The van der Waals surface area contributed by atoms with Crippen LogP contribution in [0.3, 0.4) is 0 Å². The average Bonchev–Trinajstić information content (AvgIpc) is 3.13. The molecular weight excluding hydrogens is 340 g/mol. The third-order valence-electron chi connectivity index (χ3n) is 4.79. The lowest BCUT2D eigenvalue weighted by molar-refractivity contribution is -0.122.